The zero-order chi connectivity index (χ0) is 16.4. The lowest BCUT2D eigenvalue weighted by Crippen LogP contribution is -2.12. The Bertz CT molecular complexity index is 842. The van der Waals surface area contributed by atoms with E-state index in [4.69, 9.17) is 11.6 Å². The van der Waals surface area contributed by atoms with Crippen molar-refractivity contribution in [2.75, 3.05) is 5.32 Å². The van der Waals surface area contributed by atoms with Gasteiger partial charge in [-0.2, -0.15) is 5.10 Å². The zero-order valence-corrected chi connectivity index (χ0v) is 12.4. The molecular weight excluding hydrogens is 324 g/mol. The van der Waals surface area contributed by atoms with Gasteiger partial charge in [-0.1, -0.05) is 23.7 Å². The van der Waals surface area contributed by atoms with Gasteiger partial charge in [0.05, 0.1) is 5.69 Å². The van der Waals surface area contributed by atoms with Crippen molar-refractivity contribution in [1.82, 2.24) is 10.2 Å². The van der Waals surface area contributed by atoms with Gasteiger partial charge >= 0.3 is 0 Å². The normalized spacial score (nSPS) is 10.6. The van der Waals surface area contributed by atoms with Gasteiger partial charge in [-0.25, -0.2) is 8.78 Å². The second-order valence-corrected chi connectivity index (χ2v) is 5.22. The van der Waals surface area contributed by atoms with Crippen LogP contribution in [0.2, 0.25) is 5.02 Å². The molecule has 0 saturated heterocycles. The van der Waals surface area contributed by atoms with E-state index in [9.17, 15) is 13.6 Å². The Morgan fingerprint density at radius 3 is 2.35 bits per heavy atom. The number of carbonyl (C=O) groups is 1. The van der Waals surface area contributed by atoms with Gasteiger partial charge in [0.2, 0.25) is 0 Å². The van der Waals surface area contributed by atoms with Gasteiger partial charge in [0, 0.05) is 22.3 Å². The molecule has 1 amide bonds. The molecule has 3 aromatic rings. The molecule has 0 unspecified atom stereocenters. The highest BCUT2D eigenvalue weighted by atomic mass is 35.5. The van der Waals surface area contributed by atoms with Crippen LogP contribution in [-0.2, 0) is 0 Å². The lowest BCUT2D eigenvalue weighted by molar-refractivity contribution is 0.102. The molecule has 0 aliphatic carbocycles. The number of halogens is 3. The van der Waals surface area contributed by atoms with Crippen molar-refractivity contribution in [1.29, 1.82) is 0 Å². The van der Waals surface area contributed by atoms with Crippen LogP contribution >= 0.6 is 11.6 Å². The monoisotopic (exact) mass is 333 g/mol. The highest BCUT2D eigenvalue weighted by molar-refractivity contribution is 6.30. The van der Waals surface area contributed by atoms with E-state index in [1.54, 1.807) is 24.3 Å². The van der Waals surface area contributed by atoms with Gasteiger partial charge in [0.1, 0.15) is 17.3 Å². The topological polar surface area (TPSA) is 57.8 Å². The van der Waals surface area contributed by atoms with E-state index in [1.807, 2.05) is 0 Å². The minimum absolute atomic E-state index is 0.0233. The van der Waals surface area contributed by atoms with Crippen LogP contribution in [0.15, 0.2) is 48.5 Å². The molecule has 2 aromatic carbocycles. The third-order valence-corrected chi connectivity index (χ3v) is 3.33. The van der Waals surface area contributed by atoms with Crippen LogP contribution in [0, 0.1) is 11.6 Å². The Morgan fingerprint density at radius 1 is 1.04 bits per heavy atom. The number of benzene rings is 2. The molecule has 0 bridgehead atoms. The molecular formula is C16H10ClF2N3O. The third kappa shape index (κ3) is 3.54. The highest BCUT2D eigenvalue weighted by Crippen LogP contribution is 2.21. The molecule has 0 atom stereocenters. The van der Waals surface area contributed by atoms with Gasteiger partial charge in [-0.3, -0.25) is 9.89 Å². The lowest BCUT2D eigenvalue weighted by Gasteiger charge is -2.03. The van der Waals surface area contributed by atoms with Crippen LogP contribution in [0.3, 0.4) is 0 Å². The molecule has 0 aliphatic rings. The minimum atomic E-state index is -0.772. The van der Waals surface area contributed by atoms with Crippen LogP contribution in [-0.4, -0.2) is 16.1 Å². The van der Waals surface area contributed by atoms with Crippen LogP contribution in [0.4, 0.5) is 14.5 Å². The molecule has 23 heavy (non-hydrogen) atoms. The number of aromatic nitrogens is 2. The summed E-state index contributed by atoms with van der Waals surface area (Å²) < 4.78 is 26.2. The summed E-state index contributed by atoms with van der Waals surface area (Å²) in [6.45, 7) is 0. The second kappa shape index (κ2) is 6.18. The largest absolute Gasteiger partial charge is 0.320 e. The first kappa shape index (κ1) is 15.2. The van der Waals surface area contributed by atoms with E-state index in [0.717, 1.165) is 23.8 Å². The quantitative estimate of drug-likeness (QED) is 0.752. The maximum atomic E-state index is 13.1. The molecule has 0 radical (unpaired) electrons. The Kier molecular flexibility index (Phi) is 4.08. The summed E-state index contributed by atoms with van der Waals surface area (Å²) in [5.41, 5.74) is 1.52. The van der Waals surface area contributed by atoms with Gasteiger partial charge < -0.3 is 5.32 Å². The Balaban J connectivity index is 1.79. The maximum absolute atomic E-state index is 13.1. The Morgan fingerprint density at radius 2 is 1.70 bits per heavy atom. The fourth-order valence-electron chi connectivity index (χ4n) is 2.03. The van der Waals surface area contributed by atoms with Crippen molar-refractivity contribution in [3.8, 4) is 11.3 Å². The molecule has 2 N–H and O–H groups in total. The number of hydrogen-bond donors (Lipinski definition) is 2. The summed E-state index contributed by atoms with van der Waals surface area (Å²) in [4.78, 5) is 12.1. The Hall–Kier alpha value is -2.73. The number of nitrogens with one attached hydrogen (secondary N) is 2. The fraction of sp³-hybridized carbons (Fsp3) is 0. The summed E-state index contributed by atoms with van der Waals surface area (Å²) in [5.74, 6) is -2.10. The predicted molar refractivity (Wildman–Crippen MR) is 83.3 cm³/mol. The van der Waals surface area contributed by atoms with Crippen LogP contribution in [0.5, 0.6) is 0 Å². The Labute approximate surface area is 135 Å². The minimum Gasteiger partial charge on any atom is -0.320 e. The SMILES string of the molecule is O=C(Nc1cc(F)cc(F)c1)c1cc(-c2ccc(Cl)cc2)n[nH]1. The van der Waals surface area contributed by atoms with Gasteiger partial charge in [0.25, 0.3) is 5.91 Å². The number of carbonyl (C=O) groups excluding carboxylic acids is 1. The van der Waals surface area contributed by atoms with Crippen molar-refractivity contribution in [3.63, 3.8) is 0 Å². The van der Waals surface area contributed by atoms with Gasteiger partial charge in [-0.15, -0.1) is 0 Å². The molecule has 4 nitrogen and oxygen atoms in total. The van der Waals surface area contributed by atoms with Crippen molar-refractivity contribution in [2.45, 2.75) is 0 Å². The summed E-state index contributed by atoms with van der Waals surface area (Å²) in [7, 11) is 0. The van der Waals surface area contributed by atoms with Gasteiger partial charge in [0.15, 0.2) is 0 Å². The van der Waals surface area contributed by atoms with E-state index >= 15 is 0 Å². The van der Waals surface area contributed by atoms with Crippen LogP contribution in [0.25, 0.3) is 11.3 Å². The molecule has 116 valence electrons. The third-order valence-electron chi connectivity index (χ3n) is 3.08. The summed E-state index contributed by atoms with van der Waals surface area (Å²) in [6, 6.07) is 11.3. The van der Waals surface area contributed by atoms with E-state index < -0.39 is 17.5 Å². The summed E-state index contributed by atoms with van der Waals surface area (Å²) in [6.07, 6.45) is 0. The maximum Gasteiger partial charge on any atom is 0.273 e. The number of anilines is 1. The smallest absolute Gasteiger partial charge is 0.273 e. The number of nitrogens with zero attached hydrogens (tertiary/aromatic N) is 1. The number of rotatable bonds is 3. The highest BCUT2D eigenvalue weighted by Gasteiger charge is 2.12. The van der Waals surface area contributed by atoms with Crippen LogP contribution < -0.4 is 5.32 Å². The van der Waals surface area contributed by atoms with Crippen molar-refractivity contribution < 1.29 is 13.6 Å². The number of aromatic amines is 1. The van der Waals surface area contributed by atoms with Crippen molar-refractivity contribution in [2.24, 2.45) is 0 Å². The first-order chi connectivity index (χ1) is 11.0. The van der Waals surface area contributed by atoms with Crippen molar-refractivity contribution >= 4 is 23.2 Å². The molecule has 7 heteroatoms. The lowest BCUT2D eigenvalue weighted by atomic mass is 10.1. The molecule has 3 rings (SSSR count). The molecule has 0 aliphatic heterocycles. The van der Waals surface area contributed by atoms with E-state index in [1.165, 1.54) is 6.07 Å². The molecule has 0 fully saturated rings. The molecule has 0 spiro atoms. The van der Waals surface area contributed by atoms with E-state index in [0.29, 0.717) is 10.7 Å². The fourth-order valence-corrected chi connectivity index (χ4v) is 2.16. The van der Waals surface area contributed by atoms with E-state index in [2.05, 4.69) is 15.5 Å². The number of amides is 1. The van der Waals surface area contributed by atoms with Crippen molar-refractivity contribution in [3.05, 3.63) is 70.9 Å². The number of hydrogen-bond acceptors (Lipinski definition) is 2. The molecule has 1 heterocycles. The average molecular weight is 334 g/mol. The molecule has 1 aromatic heterocycles. The van der Waals surface area contributed by atoms with E-state index in [-0.39, 0.29) is 11.4 Å². The standard InChI is InChI=1S/C16H10ClF2N3O/c17-10-3-1-9(2-4-10)14-8-15(22-21-14)16(23)20-13-6-11(18)5-12(19)7-13/h1-8H,(H,20,23)(H,21,22). The van der Waals surface area contributed by atoms with Crippen LogP contribution in [0.1, 0.15) is 10.5 Å². The van der Waals surface area contributed by atoms with Gasteiger partial charge in [-0.05, 0) is 30.3 Å². The summed E-state index contributed by atoms with van der Waals surface area (Å²) >= 11 is 5.82. The molecule has 0 saturated carbocycles. The first-order valence-electron chi connectivity index (χ1n) is 6.60. The zero-order valence-electron chi connectivity index (χ0n) is 11.6. The second-order valence-electron chi connectivity index (χ2n) is 4.79. The average Bonchev–Trinajstić information content (AvgIpc) is 2.97. The predicted octanol–water partition coefficient (Wildman–Crippen LogP) is 4.26. The number of H-pyrrole nitrogens is 1. The summed E-state index contributed by atoms with van der Waals surface area (Å²) in [5, 5.41) is 9.62. The first-order valence-corrected chi connectivity index (χ1v) is 6.98.